The zero-order valence-electron chi connectivity index (χ0n) is 12.1. The molecule has 1 atom stereocenters. The van der Waals surface area contributed by atoms with Crippen LogP contribution in [0.15, 0.2) is 30.5 Å². The summed E-state index contributed by atoms with van der Waals surface area (Å²) in [4.78, 5) is 2.48. The van der Waals surface area contributed by atoms with E-state index in [2.05, 4.69) is 41.6 Å². The van der Waals surface area contributed by atoms with Crippen molar-refractivity contribution in [3.8, 4) is 0 Å². The first-order valence-electron chi connectivity index (χ1n) is 7.23. The monoisotopic (exact) mass is 292 g/mol. The normalized spacial score (nSPS) is 20.9. The average molecular weight is 293 g/mol. The number of nitrogens with zero attached hydrogens (tertiary/aromatic N) is 2. The first-order valence-corrected chi connectivity index (χ1v) is 7.61. The van der Waals surface area contributed by atoms with E-state index in [0.29, 0.717) is 6.04 Å². The second-order valence-electron chi connectivity index (χ2n) is 5.75. The zero-order valence-corrected chi connectivity index (χ0v) is 12.8. The van der Waals surface area contributed by atoms with Crippen molar-refractivity contribution in [3.05, 3.63) is 35.5 Å². The molecule has 0 radical (unpaired) electrons. The Morgan fingerprint density at radius 1 is 1.35 bits per heavy atom. The average Bonchev–Trinajstić information content (AvgIpc) is 2.81. The van der Waals surface area contributed by atoms with E-state index in [-0.39, 0.29) is 6.10 Å². The summed E-state index contributed by atoms with van der Waals surface area (Å²) < 4.78 is 8.18. The van der Waals surface area contributed by atoms with Gasteiger partial charge in [-0.25, -0.2) is 0 Å². The Balaban J connectivity index is 1.76. The van der Waals surface area contributed by atoms with Gasteiger partial charge in [-0.2, -0.15) is 0 Å². The molecule has 2 aromatic rings. The highest BCUT2D eigenvalue weighted by atomic mass is 35.5. The molecule has 1 fully saturated rings. The Morgan fingerprint density at radius 3 is 3.00 bits per heavy atom. The topological polar surface area (TPSA) is 17.4 Å². The molecular formula is C16H21ClN2O. The molecule has 3 rings (SSSR count). The van der Waals surface area contributed by atoms with Crippen molar-refractivity contribution in [2.24, 2.45) is 0 Å². The predicted molar refractivity (Wildman–Crippen MR) is 83.4 cm³/mol. The van der Waals surface area contributed by atoms with Crippen LogP contribution in [-0.4, -0.2) is 41.3 Å². The van der Waals surface area contributed by atoms with Crippen LogP contribution in [-0.2, 0) is 11.3 Å². The number of benzene rings is 1. The Labute approximate surface area is 125 Å². The second kappa shape index (κ2) is 5.76. The minimum atomic E-state index is 0.262. The van der Waals surface area contributed by atoms with Crippen molar-refractivity contribution in [1.82, 2.24) is 9.47 Å². The molecule has 108 valence electrons. The fraction of sp³-hybridized carbons (Fsp3) is 0.500. The van der Waals surface area contributed by atoms with Gasteiger partial charge in [-0.15, -0.1) is 0 Å². The van der Waals surface area contributed by atoms with E-state index in [4.69, 9.17) is 16.3 Å². The molecular weight excluding hydrogens is 272 g/mol. The minimum absolute atomic E-state index is 0.262. The smallest absolute Gasteiger partial charge is 0.0881 e. The summed E-state index contributed by atoms with van der Waals surface area (Å²) in [5, 5.41) is 1.98. The van der Waals surface area contributed by atoms with E-state index in [1.165, 1.54) is 10.9 Å². The maximum Gasteiger partial charge on any atom is 0.0881 e. The number of fused-ring (bicyclic) bond motifs is 1. The largest absolute Gasteiger partial charge is 0.374 e. The highest BCUT2D eigenvalue weighted by Gasteiger charge is 2.22. The lowest BCUT2D eigenvalue weighted by Crippen LogP contribution is -2.47. The van der Waals surface area contributed by atoms with Crippen molar-refractivity contribution in [2.45, 2.75) is 32.5 Å². The number of hydrogen-bond donors (Lipinski definition) is 0. The Kier molecular flexibility index (Phi) is 4.01. The van der Waals surface area contributed by atoms with Crippen molar-refractivity contribution >= 4 is 22.5 Å². The van der Waals surface area contributed by atoms with E-state index < -0.39 is 0 Å². The summed E-state index contributed by atoms with van der Waals surface area (Å²) >= 11 is 6.03. The molecule has 4 heteroatoms. The Hall–Kier alpha value is -1.03. The quantitative estimate of drug-likeness (QED) is 0.863. The Bertz CT molecular complexity index is 593. The van der Waals surface area contributed by atoms with Gasteiger partial charge in [0.2, 0.25) is 0 Å². The van der Waals surface area contributed by atoms with Crippen molar-refractivity contribution in [2.75, 3.05) is 19.7 Å². The number of ether oxygens (including phenoxy) is 1. The van der Waals surface area contributed by atoms with Crippen LogP contribution >= 0.6 is 11.6 Å². The molecule has 0 spiro atoms. The van der Waals surface area contributed by atoms with E-state index in [1.54, 1.807) is 0 Å². The van der Waals surface area contributed by atoms with E-state index in [0.717, 1.165) is 31.3 Å². The van der Waals surface area contributed by atoms with Crippen LogP contribution in [0.4, 0.5) is 0 Å². The van der Waals surface area contributed by atoms with Gasteiger partial charge in [-0.3, -0.25) is 4.90 Å². The second-order valence-corrected chi connectivity index (χ2v) is 6.19. The molecule has 0 saturated carbocycles. The van der Waals surface area contributed by atoms with E-state index >= 15 is 0 Å². The van der Waals surface area contributed by atoms with Crippen LogP contribution in [0.1, 0.15) is 13.8 Å². The maximum absolute atomic E-state index is 6.03. The maximum atomic E-state index is 6.03. The molecule has 1 aromatic carbocycles. The van der Waals surface area contributed by atoms with Crippen LogP contribution < -0.4 is 0 Å². The first-order chi connectivity index (χ1) is 9.63. The zero-order chi connectivity index (χ0) is 14.1. The van der Waals surface area contributed by atoms with Gasteiger partial charge in [0, 0.05) is 41.3 Å². The van der Waals surface area contributed by atoms with Crippen LogP contribution in [0, 0.1) is 0 Å². The Morgan fingerprint density at radius 2 is 2.20 bits per heavy atom. The molecule has 1 aromatic heterocycles. The summed E-state index contributed by atoms with van der Waals surface area (Å²) in [6.45, 7) is 8.26. The van der Waals surface area contributed by atoms with Gasteiger partial charge in [0.05, 0.1) is 19.3 Å². The van der Waals surface area contributed by atoms with Gasteiger partial charge in [-0.05, 0) is 38.1 Å². The van der Waals surface area contributed by atoms with Gasteiger partial charge in [0.1, 0.15) is 0 Å². The van der Waals surface area contributed by atoms with Crippen LogP contribution in [0.3, 0.4) is 0 Å². The molecule has 2 heterocycles. The molecule has 1 aliphatic heterocycles. The van der Waals surface area contributed by atoms with Gasteiger partial charge in [0.15, 0.2) is 0 Å². The summed E-state index contributed by atoms with van der Waals surface area (Å²) in [6.07, 6.45) is 2.39. The van der Waals surface area contributed by atoms with Crippen LogP contribution in [0.2, 0.25) is 5.02 Å². The third-order valence-corrected chi connectivity index (χ3v) is 4.27. The number of hydrogen-bond acceptors (Lipinski definition) is 2. The summed E-state index contributed by atoms with van der Waals surface area (Å²) in [5.74, 6) is 0. The summed E-state index contributed by atoms with van der Waals surface area (Å²) in [5.41, 5.74) is 1.22. The molecule has 0 bridgehead atoms. The highest BCUT2D eigenvalue weighted by Crippen LogP contribution is 2.21. The third-order valence-electron chi connectivity index (χ3n) is 4.03. The molecule has 3 nitrogen and oxygen atoms in total. The lowest BCUT2D eigenvalue weighted by atomic mass is 10.2. The molecule has 0 N–H and O–H groups in total. The van der Waals surface area contributed by atoms with Gasteiger partial charge in [0.25, 0.3) is 0 Å². The highest BCUT2D eigenvalue weighted by molar-refractivity contribution is 6.31. The molecule has 1 unspecified atom stereocenters. The van der Waals surface area contributed by atoms with E-state index in [1.807, 2.05) is 12.1 Å². The minimum Gasteiger partial charge on any atom is -0.374 e. The molecule has 0 amide bonds. The fourth-order valence-electron chi connectivity index (χ4n) is 2.87. The number of aromatic nitrogens is 1. The van der Waals surface area contributed by atoms with Gasteiger partial charge >= 0.3 is 0 Å². The molecule has 0 aliphatic carbocycles. The number of halogens is 1. The fourth-order valence-corrected chi connectivity index (χ4v) is 3.05. The lowest BCUT2D eigenvalue weighted by Gasteiger charge is -2.35. The van der Waals surface area contributed by atoms with E-state index in [9.17, 15) is 0 Å². The van der Waals surface area contributed by atoms with Crippen molar-refractivity contribution in [3.63, 3.8) is 0 Å². The summed E-state index contributed by atoms with van der Waals surface area (Å²) in [7, 11) is 0. The lowest BCUT2D eigenvalue weighted by molar-refractivity contribution is -0.0451. The molecule has 1 aliphatic rings. The summed E-state index contributed by atoms with van der Waals surface area (Å²) in [6, 6.07) is 8.74. The third kappa shape index (κ3) is 2.85. The van der Waals surface area contributed by atoms with Crippen LogP contribution in [0.5, 0.6) is 0 Å². The number of rotatable bonds is 3. The predicted octanol–water partition coefficient (Wildman–Crippen LogP) is 3.40. The standard InChI is InChI=1S/C16H21ClN2O/c1-12(2)18-7-8-20-15(10-18)11-19-6-5-13-9-14(17)3-4-16(13)19/h3-6,9,12,15H,7-8,10-11H2,1-2H3. The molecule has 1 saturated heterocycles. The SMILES string of the molecule is CC(C)N1CCOC(Cn2ccc3cc(Cl)ccc32)C1. The van der Waals surface area contributed by atoms with Gasteiger partial charge < -0.3 is 9.30 Å². The molecule has 20 heavy (non-hydrogen) atoms. The first kappa shape index (κ1) is 13.9. The van der Waals surface area contributed by atoms with Crippen molar-refractivity contribution < 1.29 is 4.74 Å². The van der Waals surface area contributed by atoms with Crippen molar-refractivity contribution in [1.29, 1.82) is 0 Å². The van der Waals surface area contributed by atoms with Gasteiger partial charge in [-0.1, -0.05) is 11.6 Å². The number of morpholine rings is 1. The van der Waals surface area contributed by atoms with Crippen LogP contribution in [0.25, 0.3) is 10.9 Å².